The minimum Gasteiger partial charge on any atom is -0.386 e. The third-order valence-electron chi connectivity index (χ3n) is 3.56. The first-order chi connectivity index (χ1) is 11.3. The molecule has 2 N–H and O–H groups in total. The van der Waals surface area contributed by atoms with Crippen LogP contribution >= 0.6 is 0 Å². The average Bonchev–Trinajstić information content (AvgIpc) is 2.59. The summed E-state index contributed by atoms with van der Waals surface area (Å²) in [6.45, 7) is 1.75. The first kappa shape index (κ1) is 17.9. The van der Waals surface area contributed by atoms with Gasteiger partial charge in [0.25, 0.3) is 5.91 Å². The number of benzene rings is 1. The van der Waals surface area contributed by atoms with E-state index in [0.29, 0.717) is 12.0 Å². The van der Waals surface area contributed by atoms with Crippen molar-refractivity contribution in [2.24, 2.45) is 0 Å². The zero-order chi connectivity index (χ0) is 17.7. The Bertz CT molecular complexity index is 675. The number of rotatable bonds is 5. The van der Waals surface area contributed by atoms with E-state index < -0.39 is 29.8 Å². The van der Waals surface area contributed by atoms with Gasteiger partial charge in [0.2, 0.25) is 0 Å². The normalized spacial score (nSPS) is 14.0. The van der Waals surface area contributed by atoms with Crippen molar-refractivity contribution in [3.63, 3.8) is 0 Å². The highest BCUT2D eigenvalue weighted by Gasteiger charge is 2.30. The van der Waals surface area contributed by atoms with E-state index >= 15 is 0 Å². The highest BCUT2D eigenvalue weighted by Crippen LogP contribution is 2.30. The van der Waals surface area contributed by atoms with E-state index in [9.17, 15) is 23.1 Å². The second kappa shape index (κ2) is 7.39. The smallest absolute Gasteiger partial charge is 0.386 e. The maximum Gasteiger partial charge on any atom is 0.416 e. The van der Waals surface area contributed by atoms with Crippen LogP contribution in [0.1, 0.15) is 40.9 Å². The Kier molecular flexibility index (Phi) is 5.50. The van der Waals surface area contributed by atoms with Gasteiger partial charge in [0.15, 0.2) is 0 Å². The standard InChI is InChI=1S/C16H16F3N3O2/c1-2-13(22-15(24)11-7-8-20-21-9-11)14(23)10-3-5-12(6-4-10)16(17,18)19/h3-9,13-14,23H,2H2,1H3,(H,22,24). The van der Waals surface area contributed by atoms with Gasteiger partial charge in [-0.05, 0) is 30.2 Å². The molecule has 0 aliphatic heterocycles. The van der Waals surface area contributed by atoms with Gasteiger partial charge >= 0.3 is 6.18 Å². The van der Waals surface area contributed by atoms with E-state index in [1.165, 1.54) is 30.6 Å². The van der Waals surface area contributed by atoms with E-state index in [2.05, 4.69) is 15.5 Å². The fourth-order valence-electron chi connectivity index (χ4n) is 2.18. The lowest BCUT2D eigenvalue weighted by Crippen LogP contribution is -2.39. The zero-order valence-electron chi connectivity index (χ0n) is 12.8. The summed E-state index contributed by atoms with van der Waals surface area (Å²) in [5, 5.41) is 20.2. The molecule has 0 saturated carbocycles. The zero-order valence-corrected chi connectivity index (χ0v) is 12.8. The van der Waals surface area contributed by atoms with Crippen molar-refractivity contribution in [2.45, 2.75) is 31.7 Å². The summed E-state index contributed by atoms with van der Waals surface area (Å²) in [4.78, 5) is 12.1. The van der Waals surface area contributed by atoms with Crippen molar-refractivity contribution < 1.29 is 23.1 Å². The summed E-state index contributed by atoms with van der Waals surface area (Å²) < 4.78 is 37.7. The van der Waals surface area contributed by atoms with Crippen LogP contribution < -0.4 is 5.32 Å². The molecule has 2 aromatic rings. The molecule has 0 bridgehead atoms. The summed E-state index contributed by atoms with van der Waals surface area (Å²) in [5.41, 5.74) is -0.218. The Morgan fingerprint density at radius 2 is 1.88 bits per heavy atom. The van der Waals surface area contributed by atoms with Gasteiger partial charge in [-0.15, -0.1) is 0 Å². The molecule has 8 heteroatoms. The predicted octanol–water partition coefficient (Wildman–Crippen LogP) is 2.74. The predicted molar refractivity (Wildman–Crippen MR) is 80.0 cm³/mol. The quantitative estimate of drug-likeness (QED) is 0.878. The molecule has 0 fully saturated rings. The Morgan fingerprint density at radius 1 is 1.21 bits per heavy atom. The van der Waals surface area contributed by atoms with Crippen LogP contribution in [0.2, 0.25) is 0 Å². The topological polar surface area (TPSA) is 75.1 Å². The number of hydrogen-bond acceptors (Lipinski definition) is 4. The van der Waals surface area contributed by atoms with E-state index in [0.717, 1.165) is 12.1 Å². The molecule has 2 unspecified atom stereocenters. The summed E-state index contributed by atoms with van der Waals surface area (Å²) in [6, 6.07) is 5.04. The maximum absolute atomic E-state index is 12.6. The second-order valence-electron chi connectivity index (χ2n) is 5.18. The van der Waals surface area contributed by atoms with E-state index in [4.69, 9.17) is 0 Å². The molecule has 2 atom stereocenters. The molecular formula is C16H16F3N3O2. The number of aliphatic hydroxyl groups excluding tert-OH is 1. The molecule has 0 spiro atoms. The van der Waals surface area contributed by atoms with E-state index in [1.54, 1.807) is 6.92 Å². The van der Waals surface area contributed by atoms with Crippen LogP contribution in [0.15, 0.2) is 42.7 Å². The minimum absolute atomic E-state index is 0.281. The van der Waals surface area contributed by atoms with Gasteiger partial charge in [0, 0.05) is 0 Å². The van der Waals surface area contributed by atoms with E-state index in [1.807, 2.05) is 0 Å². The Morgan fingerprint density at radius 3 is 2.38 bits per heavy atom. The second-order valence-corrected chi connectivity index (χ2v) is 5.18. The molecule has 2 rings (SSSR count). The first-order valence-corrected chi connectivity index (χ1v) is 7.25. The minimum atomic E-state index is -4.43. The summed E-state index contributed by atoms with van der Waals surface area (Å²) in [6.07, 6.45) is -2.52. The fourth-order valence-corrected chi connectivity index (χ4v) is 2.18. The number of alkyl halides is 3. The molecule has 24 heavy (non-hydrogen) atoms. The van der Waals surface area contributed by atoms with Crippen molar-refractivity contribution in [1.82, 2.24) is 15.5 Å². The molecule has 0 aliphatic rings. The maximum atomic E-state index is 12.6. The number of aromatic nitrogens is 2. The lowest BCUT2D eigenvalue weighted by atomic mass is 9.98. The Hall–Kier alpha value is -2.48. The largest absolute Gasteiger partial charge is 0.416 e. The SMILES string of the molecule is CCC(NC(=O)c1ccnnc1)C(O)c1ccc(C(F)(F)F)cc1. The molecule has 1 heterocycles. The number of carbonyl (C=O) groups is 1. The summed E-state index contributed by atoms with van der Waals surface area (Å²) in [5.74, 6) is -0.442. The summed E-state index contributed by atoms with van der Waals surface area (Å²) in [7, 11) is 0. The molecule has 128 valence electrons. The van der Waals surface area contributed by atoms with Crippen molar-refractivity contribution >= 4 is 5.91 Å². The van der Waals surface area contributed by atoms with Gasteiger partial charge in [-0.25, -0.2) is 0 Å². The van der Waals surface area contributed by atoms with Gasteiger partial charge in [-0.2, -0.15) is 23.4 Å². The van der Waals surface area contributed by atoms with Crippen molar-refractivity contribution in [3.05, 3.63) is 59.4 Å². The number of nitrogens with zero attached hydrogens (tertiary/aromatic N) is 2. The fraction of sp³-hybridized carbons (Fsp3) is 0.312. The average molecular weight is 339 g/mol. The monoisotopic (exact) mass is 339 g/mol. The number of hydrogen-bond donors (Lipinski definition) is 2. The van der Waals surface area contributed by atoms with Gasteiger partial charge in [0.05, 0.1) is 35.7 Å². The lowest BCUT2D eigenvalue weighted by molar-refractivity contribution is -0.137. The highest BCUT2D eigenvalue weighted by atomic mass is 19.4. The number of amides is 1. The number of nitrogens with one attached hydrogen (secondary N) is 1. The van der Waals surface area contributed by atoms with Crippen molar-refractivity contribution in [3.8, 4) is 0 Å². The molecular weight excluding hydrogens is 323 g/mol. The Labute approximate surface area is 136 Å². The van der Waals surface area contributed by atoms with Gasteiger partial charge in [-0.1, -0.05) is 19.1 Å². The van der Waals surface area contributed by atoms with Gasteiger partial charge in [-0.3, -0.25) is 4.79 Å². The molecule has 1 amide bonds. The number of halogens is 3. The van der Waals surface area contributed by atoms with Crippen LogP contribution in [0.3, 0.4) is 0 Å². The lowest BCUT2D eigenvalue weighted by Gasteiger charge is -2.23. The van der Waals surface area contributed by atoms with Crippen LogP contribution in [0.5, 0.6) is 0 Å². The van der Waals surface area contributed by atoms with Crippen LogP contribution in [-0.4, -0.2) is 27.3 Å². The van der Waals surface area contributed by atoms with Crippen LogP contribution in [0.25, 0.3) is 0 Å². The molecule has 0 saturated heterocycles. The van der Waals surface area contributed by atoms with Gasteiger partial charge < -0.3 is 10.4 Å². The van der Waals surface area contributed by atoms with Crippen LogP contribution in [0, 0.1) is 0 Å². The number of carbonyl (C=O) groups excluding carboxylic acids is 1. The molecule has 0 aliphatic carbocycles. The van der Waals surface area contributed by atoms with Crippen LogP contribution in [-0.2, 0) is 6.18 Å². The van der Waals surface area contributed by atoms with Gasteiger partial charge in [0.1, 0.15) is 0 Å². The molecule has 1 aromatic heterocycles. The summed E-state index contributed by atoms with van der Waals surface area (Å²) >= 11 is 0. The molecule has 5 nitrogen and oxygen atoms in total. The van der Waals surface area contributed by atoms with E-state index in [-0.39, 0.29) is 5.56 Å². The first-order valence-electron chi connectivity index (χ1n) is 7.25. The van der Waals surface area contributed by atoms with Crippen molar-refractivity contribution in [1.29, 1.82) is 0 Å². The molecule has 0 radical (unpaired) electrons. The van der Waals surface area contributed by atoms with Crippen molar-refractivity contribution in [2.75, 3.05) is 0 Å². The molecule has 1 aromatic carbocycles. The third-order valence-corrected chi connectivity index (χ3v) is 3.56. The van der Waals surface area contributed by atoms with Crippen LogP contribution in [0.4, 0.5) is 13.2 Å². The highest BCUT2D eigenvalue weighted by molar-refractivity contribution is 5.93. The Balaban J connectivity index is 2.11. The third kappa shape index (κ3) is 4.29. The number of aliphatic hydroxyl groups is 1.